The Labute approximate surface area is 141 Å². The molecule has 1 heterocycles. The van der Waals surface area contributed by atoms with E-state index in [2.05, 4.69) is 13.8 Å². The van der Waals surface area contributed by atoms with Crippen LogP contribution in [0.15, 0.2) is 12.0 Å². The van der Waals surface area contributed by atoms with Crippen molar-refractivity contribution in [3.8, 4) is 0 Å². The monoisotopic (exact) mass is 321 g/mol. The van der Waals surface area contributed by atoms with E-state index in [1.54, 1.807) is 4.90 Å². The molecule has 23 heavy (non-hydrogen) atoms. The van der Waals surface area contributed by atoms with Gasteiger partial charge in [0.25, 0.3) is 0 Å². The van der Waals surface area contributed by atoms with Crippen LogP contribution in [0.4, 0.5) is 4.79 Å². The van der Waals surface area contributed by atoms with Gasteiger partial charge in [0.15, 0.2) is 5.88 Å². The van der Waals surface area contributed by atoms with E-state index in [1.165, 1.54) is 32.1 Å². The fourth-order valence-corrected chi connectivity index (χ4v) is 3.65. The maximum Gasteiger partial charge on any atom is 0.417 e. The third-order valence-corrected chi connectivity index (χ3v) is 4.98. The molecule has 1 aliphatic heterocycles. The molecule has 0 bridgehead atoms. The molecule has 1 saturated heterocycles. The summed E-state index contributed by atoms with van der Waals surface area (Å²) in [6.45, 7) is 6.57. The Hall–Kier alpha value is -1.13. The van der Waals surface area contributed by atoms with Gasteiger partial charge in [0, 0.05) is 0 Å². The van der Waals surface area contributed by atoms with E-state index in [4.69, 9.17) is 9.39 Å². The van der Waals surface area contributed by atoms with E-state index in [0.717, 1.165) is 31.9 Å². The van der Waals surface area contributed by atoms with Gasteiger partial charge >= 0.3 is 13.0 Å². The highest BCUT2D eigenvalue weighted by Crippen LogP contribution is 2.35. The van der Waals surface area contributed by atoms with Crippen LogP contribution in [0.25, 0.3) is 0 Å². The number of fused-ring (bicyclic) bond motifs is 1. The van der Waals surface area contributed by atoms with Crippen molar-refractivity contribution in [1.82, 2.24) is 4.90 Å². The highest BCUT2D eigenvalue weighted by molar-refractivity contribution is 6.52. The Bertz CT molecular complexity index is 405. The maximum absolute atomic E-state index is 12.3. The molecule has 2 rings (SSSR count). The Morgan fingerprint density at radius 2 is 1.91 bits per heavy atom. The van der Waals surface area contributed by atoms with Gasteiger partial charge < -0.3 is 9.39 Å². The molecule has 0 N–H and O–H groups in total. The van der Waals surface area contributed by atoms with Crippen molar-refractivity contribution in [3.63, 3.8) is 0 Å². The second-order valence-electron chi connectivity index (χ2n) is 6.80. The van der Waals surface area contributed by atoms with Crippen molar-refractivity contribution in [2.75, 3.05) is 0 Å². The van der Waals surface area contributed by atoms with E-state index in [-0.39, 0.29) is 25.2 Å². The number of hydrogen-bond donors (Lipinski definition) is 0. The number of amides is 1. The molecular weight excluding hydrogens is 289 g/mol. The Balaban J connectivity index is 2.03. The van der Waals surface area contributed by atoms with Crippen molar-refractivity contribution in [1.29, 1.82) is 0 Å². The van der Waals surface area contributed by atoms with Gasteiger partial charge in [0.2, 0.25) is 0 Å². The minimum atomic E-state index is -0.222. The molecule has 2 aliphatic rings. The Kier molecular flexibility index (Phi) is 7.32. The molecule has 1 saturated carbocycles. The lowest BCUT2D eigenvalue weighted by Crippen LogP contribution is -2.40. The highest BCUT2D eigenvalue weighted by atomic mass is 16.6. The normalized spacial score (nSPS) is 24.4. The summed E-state index contributed by atoms with van der Waals surface area (Å²) in [6, 6.07) is 0.167. The fraction of sp³-hybridized carbons (Fsp3) is 0.833. The standard InChI is InChI=1S/C18H32BNO3/c1-4-7-13-19(14-8-5-2)23-17(6-3)20-15-11-9-10-12-16(15)22-18(20)21/h6,15-16H,4-5,7-14H2,1-3H3/b17-6+/t15-,16+/m1/s1. The van der Waals surface area contributed by atoms with Gasteiger partial charge in [-0.15, -0.1) is 0 Å². The van der Waals surface area contributed by atoms with Crippen molar-refractivity contribution >= 4 is 13.0 Å². The molecule has 130 valence electrons. The summed E-state index contributed by atoms with van der Waals surface area (Å²) < 4.78 is 11.9. The first-order chi connectivity index (χ1) is 11.2. The number of rotatable bonds is 9. The molecule has 2 fully saturated rings. The largest absolute Gasteiger partial charge is 0.549 e. The molecule has 0 spiro atoms. The van der Waals surface area contributed by atoms with E-state index < -0.39 is 0 Å². The van der Waals surface area contributed by atoms with Crippen molar-refractivity contribution in [3.05, 3.63) is 12.0 Å². The van der Waals surface area contributed by atoms with E-state index in [1.807, 2.05) is 13.0 Å². The fourth-order valence-electron chi connectivity index (χ4n) is 3.65. The van der Waals surface area contributed by atoms with Gasteiger partial charge in [-0.1, -0.05) is 46.0 Å². The molecule has 0 aromatic carbocycles. The van der Waals surface area contributed by atoms with Gasteiger partial charge in [-0.05, 0) is 44.9 Å². The van der Waals surface area contributed by atoms with E-state index in [9.17, 15) is 4.79 Å². The summed E-state index contributed by atoms with van der Waals surface area (Å²) in [5.41, 5.74) is 0. The summed E-state index contributed by atoms with van der Waals surface area (Å²) in [4.78, 5) is 14.1. The van der Waals surface area contributed by atoms with Gasteiger partial charge in [0.05, 0.1) is 6.04 Å². The molecule has 0 unspecified atom stereocenters. The van der Waals surface area contributed by atoms with Crippen LogP contribution < -0.4 is 0 Å². The molecule has 1 aliphatic carbocycles. The number of allylic oxidation sites excluding steroid dienone is 1. The molecule has 1 amide bonds. The lowest BCUT2D eigenvalue weighted by molar-refractivity contribution is 0.113. The SMILES string of the molecule is C/C=C(/OB(CCCC)CCCC)N1C(=O)O[C@H]2CCCC[C@H]21. The van der Waals surface area contributed by atoms with Crippen LogP contribution >= 0.6 is 0 Å². The lowest BCUT2D eigenvalue weighted by Gasteiger charge is -2.30. The van der Waals surface area contributed by atoms with Crippen molar-refractivity contribution in [2.24, 2.45) is 0 Å². The first-order valence-corrected chi connectivity index (χ1v) is 9.54. The average Bonchev–Trinajstić information content (AvgIpc) is 2.90. The van der Waals surface area contributed by atoms with Crippen LogP contribution in [0.1, 0.15) is 72.1 Å². The summed E-state index contributed by atoms with van der Waals surface area (Å²) >= 11 is 0. The zero-order valence-electron chi connectivity index (χ0n) is 15.1. The number of carbonyl (C=O) groups is 1. The predicted molar refractivity (Wildman–Crippen MR) is 94.4 cm³/mol. The summed E-state index contributed by atoms with van der Waals surface area (Å²) in [7, 11) is 0. The average molecular weight is 321 g/mol. The van der Waals surface area contributed by atoms with Crippen LogP contribution in [0, 0.1) is 0 Å². The van der Waals surface area contributed by atoms with Crippen LogP contribution in [0.2, 0.25) is 12.6 Å². The molecule has 5 heteroatoms. The summed E-state index contributed by atoms with van der Waals surface area (Å²) in [6.07, 6.45) is 12.9. The molecule has 0 aromatic rings. The number of nitrogens with zero attached hydrogens (tertiary/aromatic N) is 1. The zero-order valence-corrected chi connectivity index (χ0v) is 15.1. The smallest absolute Gasteiger partial charge is 0.417 e. The zero-order chi connectivity index (χ0) is 16.7. The van der Waals surface area contributed by atoms with Gasteiger partial charge in [-0.25, -0.2) is 9.69 Å². The second-order valence-corrected chi connectivity index (χ2v) is 6.80. The third kappa shape index (κ3) is 4.68. The Morgan fingerprint density at radius 1 is 1.26 bits per heavy atom. The van der Waals surface area contributed by atoms with Gasteiger partial charge in [-0.2, -0.15) is 0 Å². The minimum absolute atomic E-state index is 0.0551. The topological polar surface area (TPSA) is 38.8 Å². The maximum atomic E-state index is 12.3. The van der Waals surface area contributed by atoms with Crippen molar-refractivity contribution in [2.45, 2.75) is 96.9 Å². The van der Waals surface area contributed by atoms with Gasteiger partial charge in [0.1, 0.15) is 6.10 Å². The van der Waals surface area contributed by atoms with Crippen LogP contribution in [0.3, 0.4) is 0 Å². The summed E-state index contributed by atoms with van der Waals surface area (Å²) in [5.74, 6) is 0.710. The van der Waals surface area contributed by atoms with Crippen LogP contribution in [-0.2, 0) is 9.39 Å². The number of ether oxygens (including phenoxy) is 1. The molecule has 4 nitrogen and oxygen atoms in total. The third-order valence-electron chi connectivity index (χ3n) is 4.98. The summed E-state index contributed by atoms with van der Waals surface area (Å²) in [5, 5.41) is 0. The molecule has 0 radical (unpaired) electrons. The molecule has 2 atom stereocenters. The Morgan fingerprint density at radius 3 is 2.52 bits per heavy atom. The second kappa shape index (κ2) is 9.24. The van der Waals surface area contributed by atoms with E-state index >= 15 is 0 Å². The van der Waals surface area contributed by atoms with E-state index in [0.29, 0.717) is 5.88 Å². The lowest BCUT2D eigenvalue weighted by atomic mass is 9.59. The predicted octanol–water partition coefficient (Wildman–Crippen LogP) is 5.22. The van der Waals surface area contributed by atoms with Crippen molar-refractivity contribution < 1.29 is 14.2 Å². The highest BCUT2D eigenvalue weighted by Gasteiger charge is 2.45. The van der Waals surface area contributed by atoms with Crippen LogP contribution in [0.5, 0.6) is 0 Å². The minimum Gasteiger partial charge on any atom is -0.549 e. The molecule has 0 aromatic heterocycles. The molecular formula is C18H32BNO3. The quantitative estimate of drug-likeness (QED) is 0.432. The first kappa shape index (κ1) is 18.2. The number of hydrogen-bond acceptors (Lipinski definition) is 3. The van der Waals surface area contributed by atoms with Crippen LogP contribution in [-0.4, -0.2) is 30.1 Å². The number of carbonyl (C=O) groups excluding carboxylic acids is 1. The first-order valence-electron chi connectivity index (χ1n) is 9.54. The van der Waals surface area contributed by atoms with Gasteiger partial charge in [-0.3, -0.25) is 0 Å². The number of unbranched alkanes of at least 4 members (excludes halogenated alkanes) is 2.